The second kappa shape index (κ2) is 6.05. The molecule has 98 valence electrons. The molecule has 2 aromatic rings. The summed E-state index contributed by atoms with van der Waals surface area (Å²) < 4.78 is 5.12. The molecule has 0 fully saturated rings. The molecule has 0 bridgehead atoms. The fourth-order valence-corrected chi connectivity index (χ4v) is 1.89. The molecule has 0 unspecified atom stereocenters. The van der Waals surface area contributed by atoms with Crippen LogP contribution in [0.3, 0.4) is 0 Å². The van der Waals surface area contributed by atoms with Crippen LogP contribution in [0.15, 0.2) is 48.5 Å². The van der Waals surface area contributed by atoms with Gasteiger partial charge < -0.3 is 14.6 Å². The summed E-state index contributed by atoms with van der Waals surface area (Å²) in [4.78, 5) is 10.4. The molecule has 2 rings (SSSR count). The van der Waals surface area contributed by atoms with Crippen LogP contribution in [0.2, 0.25) is 0 Å². The van der Waals surface area contributed by atoms with Crippen molar-refractivity contribution in [1.82, 2.24) is 0 Å². The van der Waals surface area contributed by atoms with Gasteiger partial charge in [0.2, 0.25) is 0 Å². The lowest BCUT2D eigenvalue weighted by atomic mass is 10.0. The van der Waals surface area contributed by atoms with E-state index in [1.54, 1.807) is 7.11 Å². The molecule has 0 aromatic heterocycles. The monoisotopic (exact) mass is 255 g/mol. The fraction of sp³-hybridized carbons (Fsp3) is 0.188. The van der Waals surface area contributed by atoms with E-state index < -0.39 is 5.97 Å². The smallest absolute Gasteiger partial charge is 0.118 e. The molecule has 19 heavy (non-hydrogen) atoms. The molecular weight excluding hydrogens is 240 g/mol. The average molecular weight is 255 g/mol. The molecule has 0 radical (unpaired) electrons. The van der Waals surface area contributed by atoms with Crippen molar-refractivity contribution < 1.29 is 14.6 Å². The van der Waals surface area contributed by atoms with Gasteiger partial charge in [0, 0.05) is 5.97 Å². The Bertz CT molecular complexity index is 541. The molecule has 3 heteroatoms. The quantitative estimate of drug-likeness (QED) is 0.821. The highest BCUT2D eigenvalue weighted by Crippen LogP contribution is 2.22. The first-order valence-corrected chi connectivity index (χ1v) is 6.12. The average Bonchev–Trinajstić information content (AvgIpc) is 2.46. The number of methoxy groups -OCH3 is 1. The summed E-state index contributed by atoms with van der Waals surface area (Å²) in [7, 11) is 1.64. The van der Waals surface area contributed by atoms with E-state index >= 15 is 0 Å². The first-order chi connectivity index (χ1) is 9.19. The van der Waals surface area contributed by atoms with E-state index in [0.29, 0.717) is 6.42 Å². The van der Waals surface area contributed by atoms with E-state index in [1.807, 2.05) is 48.5 Å². The van der Waals surface area contributed by atoms with E-state index in [9.17, 15) is 9.90 Å². The number of rotatable bonds is 5. The first kappa shape index (κ1) is 13.1. The molecule has 0 saturated heterocycles. The minimum absolute atomic E-state index is 0.0574. The minimum Gasteiger partial charge on any atom is -0.550 e. The molecule has 0 saturated carbocycles. The summed E-state index contributed by atoms with van der Waals surface area (Å²) >= 11 is 0. The van der Waals surface area contributed by atoms with Crippen LogP contribution in [-0.4, -0.2) is 13.1 Å². The lowest BCUT2D eigenvalue weighted by Gasteiger charge is -2.06. The second-order valence-corrected chi connectivity index (χ2v) is 4.30. The lowest BCUT2D eigenvalue weighted by Crippen LogP contribution is -2.22. The molecule has 0 N–H and O–H groups in total. The van der Waals surface area contributed by atoms with Crippen molar-refractivity contribution in [3.8, 4) is 16.9 Å². The fourth-order valence-electron chi connectivity index (χ4n) is 1.89. The van der Waals surface area contributed by atoms with Crippen LogP contribution in [-0.2, 0) is 11.2 Å². The van der Waals surface area contributed by atoms with Crippen molar-refractivity contribution in [2.75, 3.05) is 7.11 Å². The van der Waals surface area contributed by atoms with Gasteiger partial charge in [-0.2, -0.15) is 0 Å². The third kappa shape index (κ3) is 3.58. The summed E-state index contributed by atoms with van der Waals surface area (Å²) in [5, 5.41) is 10.4. The van der Waals surface area contributed by atoms with Gasteiger partial charge in [0.05, 0.1) is 7.11 Å². The zero-order chi connectivity index (χ0) is 13.7. The van der Waals surface area contributed by atoms with Crippen LogP contribution in [0.4, 0.5) is 0 Å². The van der Waals surface area contributed by atoms with Crippen molar-refractivity contribution in [3.05, 3.63) is 54.1 Å². The Balaban J connectivity index is 2.10. The number of hydrogen-bond acceptors (Lipinski definition) is 3. The van der Waals surface area contributed by atoms with Crippen LogP contribution in [0.5, 0.6) is 5.75 Å². The van der Waals surface area contributed by atoms with Crippen molar-refractivity contribution in [2.45, 2.75) is 12.8 Å². The molecule has 0 aliphatic heterocycles. The number of carbonyl (C=O) groups is 1. The molecule has 0 aliphatic rings. The summed E-state index contributed by atoms with van der Waals surface area (Å²) in [6.45, 7) is 0. The number of ether oxygens (including phenoxy) is 1. The van der Waals surface area contributed by atoms with E-state index in [4.69, 9.17) is 4.74 Å². The molecular formula is C16H15O3-. The SMILES string of the molecule is COc1ccc(-c2ccc(CCC(=O)[O-])cc2)cc1. The Hall–Kier alpha value is -2.29. The van der Waals surface area contributed by atoms with Crippen LogP contribution in [0.1, 0.15) is 12.0 Å². The number of carboxylic acids is 1. The van der Waals surface area contributed by atoms with Crippen LogP contribution < -0.4 is 9.84 Å². The Morgan fingerprint density at radius 1 is 1.00 bits per heavy atom. The molecule has 0 aliphatic carbocycles. The zero-order valence-electron chi connectivity index (χ0n) is 10.8. The summed E-state index contributed by atoms with van der Waals surface area (Å²) in [6.07, 6.45) is 0.563. The molecule has 0 heterocycles. The number of hydrogen-bond donors (Lipinski definition) is 0. The summed E-state index contributed by atoms with van der Waals surface area (Å²) in [6, 6.07) is 15.7. The van der Waals surface area contributed by atoms with Crippen LogP contribution >= 0.6 is 0 Å². The number of aliphatic carboxylic acids is 1. The maximum atomic E-state index is 10.4. The molecule has 2 aromatic carbocycles. The van der Waals surface area contributed by atoms with Gasteiger partial charge in [-0.1, -0.05) is 36.4 Å². The predicted molar refractivity (Wildman–Crippen MR) is 71.8 cm³/mol. The van der Waals surface area contributed by atoms with E-state index in [0.717, 1.165) is 22.4 Å². The van der Waals surface area contributed by atoms with Crippen molar-refractivity contribution in [1.29, 1.82) is 0 Å². The van der Waals surface area contributed by atoms with Crippen molar-refractivity contribution in [2.24, 2.45) is 0 Å². The van der Waals surface area contributed by atoms with Gasteiger partial charge in [0.1, 0.15) is 5.75 Å². The summed E-state index contributed by atoms with van der Waals surface area (Å²) in [5.74, 6) is -0.187. The Kier molecular flexibility index (Phi) is 4.18. The van der Waals surface area contributed by atoms with E-state index in [-0.39, 0.29) is 6.42 Å². The number of carbonyl (C=O) groups excluding carboxylic acids is 1. The van der Waals surface area contributed by atoms with Gasteiger partial charge in [0.25, 0.3) is 0 Å². The van der Waals surface area contributed by atoms with Gasteiger partial charge in [-0.25, -0.2) is 0 Å². The molecule has 3 nitrogen and oxygen atoms in total. The maximum absolute atomic E-state index is 10.4. The largest absolute Gasteiger partial charge is 0.550 e. The Labute approximate surface area is 112 Å². The van der Waals surface area contributed by atoms with Gasteiger partial charge in [-0.05, 0) is 41.7 Å². The van der Waals surface area contributed by atoms with Crippen LogP contribution in [0, 0.1) is 0 Å². The predicted octanol–water partition coefficient (Wildman–Crippen LogP) is 2.04. The highest BCUT2D eigenvalue weighted by Gasteiger charge is 1.99. The van der Waals surface area contributed by atoms with Gasteiger partial charge in [-0.15, -0.1) is 0 Å². The van der Waals surface area contributed by atoms with Crippen LogP contribution in [0.25, 0.3) is 11.1 Å². The second-order valence-electron chi connectivity index (χ2n) is 4.30. The van der Waals surface area contributed by atoms with E-state index in [2.05, 4.69) is 0 Å². The lowest BCUT2D eigenvalue weighted by molar-refractivity contribution is -0.305. The number of aryl methyl sites for hydroxylation is 1. The third-order valence-corrected chi connectivity index (χ3v) is 3.00. The topological polar surface area (TPSA) is 49.4 Å². The van der Waals surface area contributed by atoms with Gasteiger partial charge in [0.15, 0.2) is 0 Å². The molecule has 0 atom stereocenters. The van der Waals surface area contributed by atoms with E-state index in [1.165, 1.54) is 0 Å². The number of carboxylic acid groups (broad SMARTS) is 1. The number of benzene rings is 2. The Morgan fingerprint density at radius 3 is 2.00 bits per heavy atom. The van der Waals surface area contributed by atoms with Crippen molar-refractivity contribution in [3.63, 3.8) is 0 Å². The highest BCUT2D eigenvalue weighted by molar-refractivity contribution is 5.66. The maximum Gasteiger partial charge on any atom is 0.118 e. The van der Waals surface area contributed by atoms with Crippen molar-refractivity contribution >= 4 is 5.97 Å². The highest BCUT2D eigenvalue weighted by atomic mass is 16.5. The summed E-state index contributed by atoms with van der Waals surface area (Å²) in [5.41, 5.74) is 3.20. The Morgan fingerprint density at radius 2 is 1.53 bits per heavy atom. The van der Waals surface area contributed by atoms with Gasteiger partial charge in [-0.3, -0.25) is 0 Å². The zero-order valence-corrected chi connectivity index (χ0v) is 10.8. The third-order valence-electron chi connectivity index (χ3n) is 3.00. The minimum atomic E-state index is -1.01. The first-order valence-electron chi connectivity index (χ1n) is 6.12. The normalized spacial score (nSPS) is 10.2. The van der Waals surface area contributed by atoms with Gasteiger partial charge >= 0.3 is 0 Å². The standard InChI is InChI=1S/C16H16O3/c1-19-15-9-7-14(8-10-15)13-5-2-12(3-6-13)4-11-16(17)18/h2-3,5-10H,4,11H2,1H3,(H,17,18)/p-1. The molecule has 0 spiro atoms. The molecule has 0 amide bonds.